The minimum atomic E-state index is 0.0237. The largest absolute Gasteiger partial charge is 0.466 e. The van der Waals surface area contributed by atoms with Crippen LogP contribution in [0.5, 0.6) is 0 Å². The minimum absolute atomic E-state index is 0.0237. The molecular formula is C30H60O2. The topological polar surface area (TPSA) is 26.3 Å². The highest BCUT2D eigenvalue weighted by molar-refractivity contribution is 5.69. The number of esters is 1. The lowest BCUT2D eigenvalue weighted by Crippen LogP contribution is -2.05. The first-order valence-electron chi connectivity index (χ1n) is 15.0. The second kappa shape index (κ2) is 28.5. The van der Waals surface area contributed by atoms with Crippen molar-refractivity contribution in [2.75, 3.05) is 6.61 Å². The molecule has 0 amide bonds. The van der Waals surface area contributed by atoms with Crippen molar-refractivity contribution in [1.29, 1.82) is 0 Å². The van der Waals surface area contributed by atoms with Gasteiger partial charge in [-0.15, -0.1) is 0 Å². The van der Waals surface area contributed by atoms with E-state index < -0.39 is 0 Å². The maximum Gasteiger partial charge on any atom is 0.305 e. The highest BCUT2D eigenvalue weighted by Crippen LogP contribution is 2.14. The summed E-state index contributed by atoms with van der Waals surface area (Å²) in [7, 11) is 0. The molecule has 0 aromatic rings. The van der Waals surface area contributed by atoms with Crippen molar-refractivity contribution < 1.29 is 9.53 Å². The average Bonchev–Trinajstić information content (AvgIpc) is 2.80. The third kappa shape index (κ3) is 27.5. The fourth-order valence-corrected chi connectivity index (χ4v) is 4.49. The Morgan fingerprint density at radius 2 is 0.688 bits per heavy atom. The van der Waals surface area contributed by atoms with E-state index >= 15 is 0 Å². The summed E-state index contributed by atoms with van der Waals surface area (Å²) >= 11 is 0. The fraction of sp³-hybridized carbons (Fsp3) is 0.967. The van der Waals surface area contributed by atoms with Gasteiger partial charge >= 0.3 is 5.97 Å². The number of hydrogen-bond acceptors (Lipinski definition) is 2. The van der Waals surface area contributed by atoms with E-state index in [0.717, 1.165) is 12.8 Å². The summed E-state index contributed by atoms with van der Waals surface area (Å²) in [4.78, 5) is 11.8. The van der Waals surface area contributed by atoms with Crippen molar-refractivity contribution in [3.8, 4) is 0 Å². The van der Waals surface area contributed by atoms with Gasteiger partial charge in [-0.3, -0.25) is 4.79 Å². The molecule has 0 aliphatic rings. The van der Waals surface area contributed by atoms with Crippen LogP contribution in [-0.4, -0.2) is 12.6 Å². The number of carbonyl (C=O) groups is 1. The van der Waals surface area contributed by atoms with Gasteiger partial charge in [0.15, 0.2) is 0 Å². The van der Waals surface area contributed by atoms with Crippen LogP contribution in [0.15, 0.2) is 0 Å². The third-order valence-corrected chi connectivity index (χ3v) is 6.75. The molecule has 0 aromatic heterocycles. The molecule has 32 heavy (non-hydrogen) atoms. The van der Waals surface area contributed by atoms with E-state index in [1.165, 1.54) is 148 Å². The van der Waals surface area contributed by atoms with E-state index in [1.807, 2.05) is 0 Å². The van der Waals surface area contributed by atoms with Crippen LogP contribution >= 0.6 is 0 Å². The predicted molar refractivity (Wildman–Crippen MR) is 142 cm³/mol. The smallest absolute Gasteiger partial charge is 0.305 e. The number of carbonyl (C=O) groups excluding carboxylic acids is 1. The van der Waals surface area contributed by atoms with Gasteiger partial charge in [0, 0.05) is 6.42 Å². The SMILES string of the molecule is CCCCCCCCCCCCCCCCOC(=O)CCCCCCCCCCCCC. The molecule has 0 aliphatic heterocycles. The summed E-state index contributed by atoms with van der Waals surface area (Å²) in [5, 5.41) is 0. The Bertz CT molecular complexity index is 353. The van der Waals surface area contributed by atoms with Gasteiger partial charge in [0.05, 0.1) is 6.61 Å². The molecule has 0 rings (SSSR count). The Hall–Kier alpha value is -0.530. The summed E-state index contributed by atoms with van der Waals surface area (Å²) in [6.07, 6.45) is 34.2. The highest BCUT2D eigenvalue weighted by Gasteiger charge is 2.02. The van der Waals surface area contributed by atoms with Gasteiger partial charge in [-0.25, -0.2) is 0 Å². The van der Waals surface area contributed by atoms with Gasteiger partial charge < -0.3 is 4.74 Å². The number of hydrogen-bond donors (Lipinski definition) is 0. The molecule has 192 valence electrons. The molecule has 0 N–H and O–H groups in total. The fourth-order valence-electron chi connectivity index (χ4n) is 4.49. The summed E-state index contributed by atoms with van der Waals surface area (Å²) in [6, 6.07) is 0. The summed E-state index contributed by atoms with van der Waals surface area (Å²) in [5.74, 6) is 0.0237. The summed E-state index contributed by atoms with van der Waals surface area (Å²) in [6.45, 7) is 5.19. The zero-order valence-electron chi connectivity index (χ0n) is 22.4. The molecule has 0 spiro atoms. The molecule has 2 nitrogen and oxygen atoms in total. The molecule has 2 heteroatoms. The number of rotatable bonds is 27. The summed E-state index contributed by atoms with van der Waals surface area (Å²) < 4.78 is 5.40. The van der Waals surface area contributed by atoms with Crippen LogP contribution in [0.2, 0.25) is 0 Å². The lowest BCUT2D eigenvalue weighted by Gasteiger charge is -2.06. The lowest BCUT2D eigenvalue weighted by molar-refractivity contribution is -0.143. The van der Waals surface area contributed by atoms with Gasteiger partial charge in [0.2, 0.25) is 0 Å². The monoisotopic (exact) mass is 452 g/mol. The normalized spacial score (nSPS) is 11.2. The Morgan fingerprint density at radius 3 is 1.03 bits per heavy atom. The van der Waals surface area contributed by atoms with E-state index in [2.05, 4.69) is 13.8 Å². The molecule has 0 saturated carbocycles. The second-order valence-electron chi connectivity index (χ2n) is 10.1. The van der Waals surface area contributed by atoms with E-state index in [-0.39, 0.29) is 5.97 Å². The van der Waals surface area contributed by atoms with Gasteiger partial charge in [-0.1, -0.05) is 162 Å². The van der Waals surface area contributed by atoms with Crippen molar-refractivity contribution in [2.24, 2.45) is 0 Å². The van der Waals surface area contributed by atoms with Gasteiger partial charge in [0.1, 0.15) is 0 Å². The number of unbranched alkanes of at least 4 members (excludes halogenated alkanes) is 23. The molecule has 0 fully saturated rings. The van der Waals surface area contributed by atoms with Crippen molar-refractivity contribution >= 4 is 5.97 Å². The van der Waals surface area contributed by atoms with Crippen molar-refractivity contribution in [2.45, 2.75) is 181 Å². The minimum Gasteiger partial charge on any atom is -0.466 e. The van der Waals surface area contributed by atoms with Gasteiger partial charge in [-0.05, 0) is 12.8 Å². The molecule has 0 saturated heterocycles. The third-order valence-electron chi connectivity index (χ3n) is 6.75. The lowest BCUT2D eigenvalue weighted by atomic mass is 10.0. The average molecular weight is 453 g/mol. The first-order chi connectivity index (χ1) is 15.8. The second-order valence-corrected chi connectivity index (χ2v) is 10.1. The van der Waals surface area contributed by atoms with Crippen molar-refractivity contribution in [3.05, 3.63) is 0 Å². The number of ether oxygens (including phenoxy) is 1. The van der Waals surface area contributed by atoms with Crippen LogP contribution in [-0.2, 0) is 9.53 Å². The molecule has 0 unspecified atom stereocenters. The van der Waals surface area contributed by atoms with Gasteiger partial charge in [0.25, 0.3) is 0 Å². The Balaban J connectivity index is 3.13. The molecule has 0 bridgehead atoms. The predicted octanol–water partition coefficient (Wildman–Crippen LogP) is 10.7. The van der Waals surface area contributed by atoms with Crippen molar-refractivity contribution in [1.82, 2.24) is 0 Å². The van der Waals surface area contributed by atoms with Crippen LogP contribution in [0.1, 0.15) is 181 Å². The van der Waals surface area contributed by atoms with E-state index in [1.54, 1.807) is 0 Å². The van der Waals surface area contributed by atoms with E-state index in [4.69, 9.17) is 4.74 Å². The molecule has 0 radical (unpaired) electrons. The van der Waals surface area contributed by atoms with E-state index in [0.29, 0.717) is 13.0 Å². The van der Waals surface area contributed by atoms with Crippen LogP contribution in [0.4, 0.5) is 0 Å². The maximum atomic E-state index is 11.8. The van der Waals surface area contributed by atoms with Crippen molar-refractivity contribution in [3.63, 3.8) is 0 Å². The van der Waals surface area contributed by atoms with Crippen LogP contribution < -0.4 is 0 Å². The van der Waals surface area contributed by atoms with Crippen LogP contribution in [0.3, 0.4) is 0 Å². The standard InChI is InChI=1S/C30H60O2/c1-3-5-7-9-11-13-15-16-17-19-21-23-25-27-29-32-30(31)28-26-24-22-20-18-14-12-10-8-6-4-2/h3-29H2,1-2H3. The quantitative estimate of drug-likeness (QED) is 0.0914. The first kappa shape index (κ1) is 31.5. The van der Waals surface area contributed by atoms with Crippen LogP contribution in [0, 0.1) is 0 Å². The molecule has 0 heterocycles. The molecular weight excluding hydrogens is 392 g/mol. The van der Waals surface area contributed by atoms with Gasteiger partial charge in [-0.2, -0.15) is 0 Å². The molecule has 0 atom stereocenters. The maximum absolute atomic E-state index is 11.8. The molecule has 0 aromatic carbocycles. The Morgan fingerprint density at radius 1 is 0.406 bits per heavy atom. The zero-order chi connectivity index (χ0) is 23.4. The van der Waals surface area contributed by atoms with E-state index in [9.17, 15) is 4.79 Å². The first-order valence-corrected chi connectivity index (χ1v) is 15.0. The van der Waals surface area contributed by atoms with Crippen LogP contribution in [0.25, 0.3) is 0 Å². The Labute approximate surface area is 203 Å². The molecule has 0 aliphatic carbocycles. The summed E-state index contributed by atoms with van der Waals surface area (Å²) in [5.41, 5.74) is 0. The highest BCUT2D eigenvalue weighted by atomic mass is 16.5. The zero-order valence-corrected chi connectivity index (χ0v) is 22.4. The Kier molecular flexibility index (Phi) is 28.0.